The number of hydrogen-bond acceptors (Lipinski definition) is 2. The van der Waals surface area contributed by atoms with Crippen molar-refractivity contribution >= 4 is 0 Å². The van der Waals surface area contributed by atoms with E-state index in [1.54, 1.807) is 64.2 Å². The van der Waals surface area contributed by atoms with Crippen LogP contribution in [0.1, 0.15) is 290 Å². The molecule has 0 amide bonds. The molecular weight excluding hydrogens is 869 g/mol. The minimum atomic E-state index is 0.455. The molecule has 0 N–H and O–H groups in total. The van der Waals surface area contributed by atoms with Gasteiger partial charge in [-0.3, -0.25) is 9.80 Å². The number of nitrogens with zero attached hydrogens (tertiary/aromatic N) is 2. The molecule has 10 rings (SSSR count). The van der Waals surface area contributed by atoms with Crippen molar-refractivity contribution in [3.05, 3.63) is 0 Å². The molecule has 10 aliphatic rings. The quantitative estimate of drug-likeness (QED) is 0.239. The molecule has 10 fully saturated rings. The van der Waals surface area contributed by atoms with Crippen LogP contribution in [0.5, 0.6) is 0 Å². The van der Waals surface area contributed by atoms with E-state index in [9.17, 15) is 0 Å². The van der Waals surface area contributed by atoms with E-state index in [-0.39, 0.29) is 0 Å². The van der Waals surface area contributed by atoms with Gasteiger partial charge in [0, 0.05) is 36.3 Å². The Bertz CT molecular complexity index is 1560. The third kappa shape index (κ3) is 11.5. The SMILES string of the molecule is CC1CCC(N(C2CCC(C(C)(C)C)CC2)C2CC(C3CCC(C(C)(C)C)CC3)C3CCC4C5C(CCC2C35)C(C2CCC(C(C)(C)C)CC2)CC4N(C2CCC(C)CC2)C2CCC(C(C)(C)C)CC2)CC1. The average molecular weight is 994 g/mol. The Morgan fingerprint density at radius 1 is 0.250 bits per heavy atom. The maximum absolute atomic E-state index is 3.54. The Morgan fingerprint density at radius 2 is 0.486 bits per heavy atom. The van der Waals surface area contributed by atoms with Gasteiger partial charge in [-0.1, -0.05) is 96.9 Å². The predicted octanol–water partition coefficient (Wildman–Crippen LogP) is 19.7. The van der Waals surface area contributed by atoms with Crippen molar-refractivity contribution in [2.45, 2.75) is 326 Å². The first-order valence-electron chi connectivity index (χ1n) is 33.6. The smallest absolute Gasteiger partial charge is 0.0135 e. The molecule has 10 unspecified atom stereocenters. The fourth-order valence-corrected chi connectivity index (χ4v) is 22.3. The molecule has 10 atom stereocenters. The molecule has 0 saturated heterocycles. The van der Waals surface area contributed by atoms with Gasteiger partial charge in [0.1, 0.15) is 0 Å². The van der Waals surface area contributed by atoms with Gasteiger partial charge in [0.05, 0.1) is 0 Å². The second kappa shape index (κ2) is 21.9. The van der Waals surface area contributed by atoms with Crippen molar-refractivity contribution in [2.24, 2.45) is 116 Å². The van der Waals surface area contributed by atoms with Crippen molar-refractivity contribution in [1.82, 2.24) is 9.80 Å². The maximum Gasteiger partial charge on any atom is 0.0135 e. The summed E-state index contributed by atoms with van der Waals surface area (Å²) in [6, 6.07) is 5.10. The predicted molar refractivity (Wildman–Crippen MR) is 310 cm³/mol. The lowest BCUT2D eigenvalue weighted by Crippen LogP contribution is -2.67. The van der Waals surface area contributed by atoms with Crippen LogP contribution in [0, 0.1) is 116 Å². The van der Waals surface area contributed by atoms with E-state index in [2.05, 4.69) is 107 Å². The van der Waals surface area contributed by atoms with Gasteiger partial charge in [-0.25, -0.2) is 0 Å². The van der Waals surface area contributed by atoms with Gasteiger partial charge in [-0.2, -0.15) is 0 Å². The Kier molecular flexibility index (Phi) is 16.8. The number of rotatable bonds is 8. The highest BCUT2D eigenvalue weighted by atomic mass is 15.2. The molecule has 0 aromatic heterocycles. The third-order valence-corrected chi connectivity index (χ3v) is 26.7. The van der Waals surface area contributed by atoms with E-state index < -0.39 is 0 Å². The summed E-state index contributed by atoms with van der Waals surface area (Å²) in [7, 11) is 0. The fourth-order valence-electron chi connectivity index (χ4n) is 22.3. The zero-order valence-electron chi connectivity index (χ0n) is 50.8. The normalized spacial score (nSPS) is 47.0. The van der Waals surface area contributed by atoms with E-state index >= 15 is 0 Å². The molecule has 0 aliphatic heterocycles. The van der Waals surface area contributed by atoms with Crippen molar-refractivity contribution in [2.75, 3.05) is 0 Å². The molecule has 0 radical (unpaired) electrons. The molecule has 72 heavy (non-hydrogen) atoms. The summed E-state index contributed by atoms with van der Waals surface area (Å²) in [5.74, 6) is 15.4. The first-order chi connectivity index (χ1) is 34.0. The second-order valence-electron chi connectivity index (χ2n) is 34.3. The van der Waals surface area contributed by atoms with Crippen LogP contribution in [-0.4, -0.2) is 46.1 Å². The molecule has 0 bridgehead atoms. The summed E-state index contributed by atoms with van der Waals surface area (Å²) >= 11 is 0. The van der Waals surface area contributed by atoms with Gasteiger partial charge >= 0.3 is 0 Å². The summed E-state index contributed by atoms with van der Waals surface area (Å²) in [6.45, 7) is 36.1. The van der Waals surface area contributed by atoms with Gasteiger partial charge in [-0.05, 0) is 309 Å². The van der Waals surface area contributed by atoms with Crippen LogP contribution >= 0.6 is 0 Å². The highest BCUT2D eigenvalue weighted by Gasteiger charge is 2.63. The summed E-state index contributed by atoms with van der Waals surface area (Å²) in [6.07, 6.45) is 45.7. The molecule has 414 valence electrons. The second-order valence-corrected chi connectivity index (χ2v) is 34.3. The van der Waals surface area contributed by atoms with Crippen LogP contribution in [-0.2, 0) is 0 Å². The van der Waals surface area contributed by atoms with Gasteiger partial charge in [0.15, 0.2) is 0 Å². The molecule has 0 aromatic rings. The lowest BCUT2D eigenvalue weighted by Gasteiger charge is -2.68. The topological polar surface area (TPSA) is 6.48 Å². The first-order valence-corrected chi connectivity index (χ1v) is 33.6. The standard InChI is InChI=1S/C70H124N2/c1-45-15-31-53(32-16-45)71(55-35-27-51(28-36-55)69(9,10)11)63-43-61(47-19-23-49(24-20-47)67(3,4)5)57-40-42-60-64(72(54-33-17-46(2)18-34-54)56-37-29-52(30-38-56)70(12,13)14)44-62(58-39-41-59(63)65(57)66(58)60)48-21-25-50(26-22-48)68(6,7)8/h45-66H,15-44H2,1-14H3. The molecular formula is C70H124N2. The molecule has 10 aliphatic carbocycles. The van der Waals surface area contributed by atoms with Gasteiger partial charge in [0.25, 0.3) is 0 Å². The van der Waals surface area contributed by atoms with Gasteiger partial charge in [0.2, 0.25) is 0 Å². The van der Waals surface area contributed by atoms with E-state index in [0.717, 1.165) is 131 Å². The first kappa shape index (κ1) is 55.2. The molecule has 2 heteroatoms. The van der Waals surface area contributed by atoms with Crippen molar-refractivity contribution < 1.29 is 0 Å². The Labute approximate surface area is 449 Å². The summed E-state index contributed by atoms with van der Waals surface area (Å²) in [5, 5.41) is 0. The lowest BCUT2D eigenvalue weighted by atomic mass is 9.41. The lowest BCUT2D eigenvalue weighted by molar-refractivity contribution is -0.191. The molecule has 0 heterocycles. The molecule has 0 aromatic carbocycles. The van der Waals surface area contributed by atoms with Gasteiger partial charge in [-0.15, -0.1) is 0 Å². The fraction of sp³-hybridized carbons (Fsp3) is 1.00. The van der Waals surface area contributed by atoms with E-state index in [1.807, 2.05) is 0 Å². The Balaban J connectivity index is 1.05. The van der Waals surface area contributed by atoms with Crippen LogP contribution in [0.2, 0.25) is 0 Å². The van der Waals surface area contributed by atoms with Crippen LogP contribution in [0.15, 0.2) is 0 Å². The summed E-state index contributed by atoms with van der Waals surface area (Å²) in [5.41, 5.74) is 1.84. The molecule has 2 nitrogen and oxygen atoms in total. The third-order valence-electron chi connectivity index (χ3n) is 26.7. The Hall–Kier alpha value is -0.0800. The van der Waals surface area contributed by atoms with Crippen LogP contribution in [0.3, 0.4) is 0 Å². The minimum Gasteiger partial charge on any atom is -0.294 e. The molecule has 0 spiro atoms. The van der Waals surface area contributed by atoms with Gasteiger partial charge < -0.3 is 0 Å². The highest BCUT2D eigenvalue weighted by molar-refractivity contribution is 5.14. The van der Waals surface area contributed by atoms with Crippen molar-refractivity contribution in [1.29, 1.82) is 0 Å². The monoisotopic (exact) mass is 993 g/mol. The molecule has 10 saturated carbocycles. The summed E-state index contributed by atoms with van der Waals surface area (Å²) < 4.78 is 0. The highest BCUT2D eigenvalue weighted by Crippen LogP contribution is 2.67. The number of hydrogen-bond donors (Lipinski definition) is 0. The van der Waals surface area contributed by atoms with E-state index in [4.69, 9.17) is 0 Å². The Morgan fingerprint density at radius 3 is 0.750 bits per heavy atom. The van der Waals surface area contributed by atoms with Crippen LogP contribution < -0.4 is 0 Å². The van der Waals surface area contributed by atoms with E-state index in [0.29, 0.717) is 21.7 Å². The zero-order chi connectivity index (χ0) is 51.1. The van der Waals surface area contributed by atoms with Crippen molar-refractivity contribution in [3.63, 3.8) is 0 Å². The largest absolute Gasteiger partial charge is 0.294 e. The summed E-state index contributed by atoms with van der Waals surface area (Å²) in [4.78, 5) is 7.08. The van der Waals surface area contributed by atoms with Crippen LogP contribution in [0.25, 0.3) is 0 Å². The van der Waals surface area contributed by atoms with E-state index in [1.165, 1.54) is 128 Å². The zero-order valence-corrected chi connectivity index (χ0v) is 50.8. The average Bonchev–Trinajstić information content (AvgIpc) is 3.34. The van der Waals surface area contributed by atoms with Crippen LogP contribution in [0.4, 0.5) is 0 Å². The maximum atomic E-state index is 3.54. The minimum absolute atomic E-state index is 0.455. The van der Waals surface area contributed by atoms with Crippen molar-refractivity contribution in [3.8, 4) is 0 Å².